The number of aromatic carboxylic acids is 1. The van der Waals surface area contributed by atoms with Crippen LogP contribution in [0.25, 0.3) is 6.08 Å². The standard InChI is InChI=1S/C21H18BrNO5S2/c1-3-23-19(24)17(30-21(23)29)10-13-8-15(22)18(16(9-13)27-2)28-11-12-5-4-6-14(7-12)20(25)26/h4-10H,3,11H2,1-2H3,(H,25,26)/b17-10-. The van der Waals surface area contributed by atoms with E-state index in [1.165, 1.54) is 24.9 Å². The molecule has 156 valence electrons. The molecule has 6 nitrogen and oxygen atoms in total. The Hall–Kier alpha value is -2.36. The van der Waals surface area contributed by atoms with E-state index in [1.807, 2.05) is 13.0 Å². The highest BCUT2D eigenvalue weighted by Gasteiger charge is 2.30. The quantitative estimate of drug-likeness (QED) is 0.419. The first kappa shape index (κ1) is 22.3. The highest BCUT2D eigenvalue weighted by Crippen LogP contribution is 2.39. The van der Waals surface area contributed by atoms with Gasteiger partial charge in [-0.05, 0) is 64.3 Å². The van der Waals surface area contributed by atoms with Crippen molar-refractivity contribution < 1.29 is 24.2 Å². The van der Waals surface area contributed by atoms with Gasteiger partial charge in [0.05, 0.1) is 22.1 Å². The maximum absolute atomic E-state index is 12.4. The lowest BCUT2D eigenvalue weighted by molar-refractivity contribution is -0.121. The number of methoxy groups -OCH3 is 1. The topological polar surface area (TPSA) is 76.1 Å². The minimum Gasteiger partial charge on any atom is -0.493 e. The molecule has 0 aromatic heterocycles. The van der Waals surface area contributed by atoms with Crippen molar-refractivity contribution in [1.29, 1.82) is 0 Å². The Morgan fingerprint density at radius 1 is 1.33 bits per heavy atom. The summed E-state index contributed by atoms with van der Waals surface area (Å²) in [7, 11) is 1.53. The lowest BCUT2D eigenvalue weighted by Crippen LogP contribution is -2.27. The minimum absolute atomic E-state index is 0.110. The summed E-state index contributed by atoms with van der Waals surface area (Å²) in [5.74, 6) is -0.137. The van der Waals surface area contributed by atoms with Crippen LogP contribution in [0.5, 0.6) is 11.5 Å². The Kier molecular flexibility index (Phi) is 7.17. The molecule has 0 radical (unpaired) electrons. The predicted octanol–water partition coefficient (Wildman–Crippen LogP) is 4.96. The first-order valence-corrected chi connectivity index (χ1v) is 10.9. The summed E-state index contributed by atoms with van der Waals surface area (Å²) < 4.78 is 12.5. The normalized spacial score (nSPS) is 15.0. The molecule has 0 aliphatic carbocycles. The average Bonchev–Trinajstić information content (AvgIpc) is 2.99. The van der Waals surface area contributed by atoms with Gasteiger partial charge in [-0.2, -0.15) is 0 Å². The van der Waals surface area contributed by atoms with E-state index >= 15 is 0 Å². The number of amides is 1. The van der Waals surface area contributed by atoms with Crippen molar-refractivity contribution in [2.24, 2.45) is 0 Å². The zero-order valence-electron chi connectivity index (χ0n) is 16.2. The van der Waals surface area contributed by atoms with Crippen LogP contribution in [0.1, 0.15) is 28.4 Å². The summed E-state index contributed by atoms with van der Waals surface area (Å²) in [6.45, 7) is 2.58. The molecule has 1 fully saturated rings. The third-order valence-corrected chi connectivity index (χ3v) is 6.26. The van der Waals surface area contributed by atoms with Crippen LogP contribution in [0.2, 0.25) is 0 Å². The Labute approximate surface area is 192 Å². The highest BCUT2D eigenvalue weighted by atomic mass is 79.9. The fraction of sp³-hybridized carbons (Fsp3) is 0.190. The number of hydrogen-bond donors (Lipinski definition) is 1. The van der Waals surface area contributed by atoms with Crippen LogP contribution in [-0.2, 0) is 11.4 Å². The predicted molar refractivity (Wildman–Crippen MR) is 124 cm³/mol. The van der Waals surface area contributed by atoms with E-state index < -0.39 is 5.97 Å². The first-order valence-electron chi connectivity index (χ1n) is 8.92. The number of carboxylic acids is 1. The molecule has 1 aliphatic rings. The fourth-order valence-corrected chi connectivity index (χ4v) is 4.80. The molecule has 0 unspecified atom stereocenters. The second-order valence-electron chi connectivity index (χ2n) is 6.25. The summed E-state index contributed by atoms with van der Waals surface area (Å²) >= 11 is 10.0. The van der Waals surface area contributed by atoms with E-state index in [4.69, 9.17) is 26.8 Å². The van der Waals surface area contributed by atoms with Gasteiger partial charge in [0, 0.05) is 6.54 Å². The summed E-state index contributed by atoms with van der Waals surface area (Å²) in [6.07, 6.45) is 1.77. The molecule has 1 N–H and O–H groups in total. The molecule has 1 saturated heterocycles. The van der Waals surface area contributed by atoms with Gasteiger partial charge >= 0.3 is 5.97 Å². The van der Waals surface area contributed by atoms with Gasteiger partial charge in [-0.3, -0.25) is 9.69 Å². The SMILES string of the molecule is CCN1C(=O)/C(=C/c2cc(Br)c(OCc3cccc(C(=O)O)c3)c(OC)c2)SC1=S. The second kappa shape index (κ2) is 9.63. The molecule has 1 heterocycles. The maximum atomic E-state index is 12.4. The third kappa shape index (κ3) is 4.85. The number of hydrogen-bond acceptors (Lipinski definition) is 6. The smallest absolute Gasteiger partial charge is 0.335 e. The maximum Gasteiger partial charge on any atom is 0.335 e. The van der Waals surface area contributed by atoms with Crippen molar-refractivity contribution in [3.05, 3.63) is 62.5 Å². The van der Waals surface area contributed by atoms with Crippen molar-refractivity contribution in [1.82, 2.24) is 4.90 Å². The van der Waals surface area contributed by atoms with E-state index in [1.54, 1.807) is 35.2 Å². The lowest BCUT2D eigenvalue weighted by Gasteiger charge is -2.14. The molecule has 0 atom stereocenters. The number of thioether (sulfide) groups is 1. The van der Waals surface area contributed by atoms with Gasteiger partial charge in [0.1, 0.15) is 10.9 Å². The molecular weight excluding hydrogens is 490 g/mol. The number of benzene rings is 2. The monoisotopic (exact) mass is 507 g/mol. The van der Waals surface area contributed by atoms with E-state index in [0.717, 1.165) is 11.1 Å². The molecule has 9 heteroatoms. The second-order valence-corrected chi connectivity index (χ2v) is 8.78. The summed E-state index contributed by atoms with van der Waals surface area (Å²) in [4.78, 5) is 25.7. The van der Waals surface area contributed by atoms with Gasteiger partial charge in [-0.15, -0.1) is 0 Å². The van der Waals surface area contributed by atoms with Crippen LogP contribution in [0.3, 0.4) is 0 Å². The van der Waals surface area contributed by atoms with Gasteiger partial charge in [0.15, 0.2) is 11.5 Å². The highest BCUT2D eigenvalue weighted by molar-refractivity contribution is 9.10. The molecular formula is C21H18BrNO5S2. The molecule has 1 amide bonds. The van der Waals surface area contributed by atoms with Crippen LogP contribution < -0.4 is 9.47 Å². The Bertz CT molecular complexity index is 1050. The summed E-state index contributed by atoms with van der Waals surface area (Å²) in [6, 6.07) is 10.1. The number of ether oxygens (including phenoxy) is 2. The van der Waals surface area contributed by atoms with E-state index in [0.29, 0.717) is 31.7 Å². The van der Waals surface area contributed by atoms with Gasteiger partial charge in [-0.1, -0.05) is 36.1 Å². The molecule has 3 rings (SSSR count). The number of carbonyl (C=O) groups is 2. The zero-order chi connectivity index (χ0) is 21.8. The van der Waals surface area contributed by atoms with Crippen LogP contribution in [0.15, 0.2) is 45.8 Å². The first-order chi connectivity index (χ1) is 14.3. The Balaban J connectivity index is 1.84. The number of carbonyl (C=O) groups excluding carboxylic acids is 1. The van der Waals surface area contributed by atoms with Crippen LogP contribution in [-0.4, -0.2) is 39.9 Å². The van der Waals surface area contributed by atoms with E-state index in [-0.39, 0.29) is 18.1 Å². The van der Waals surface area contributed by atoms with E-state index in [2.05, 4.69) is 15.9 Å². The van der Waals surface area contributed by atoms with Gasteiger partial charge in [0.25, 0.3) is 5.91 Å². The summed E-state index contributed by atoms with van der Waals surface area (Å²) in [5, 5.41) is 9.13. The van der Waals surface area contributed by atoms with Crippen molar-refractivity contribution in [2.45, 2.75) is 13.5 Å². The molecule has 0 bridgehead atoms. The van der Waals surface area contributed by atoms with Crippen molar-refractivity contribution in [3.63, 3.8) is 0 Å². The Morgan fingerprint density at radius 3 is 2.73 bits per heavy atom. The fourth-order valence-electron chi connectivity index (χ4n) is 2.84. The van der Waals surface area contributed by atoms with Gasteiger partial charge < -0.3 is 14.6 Å². The molecule has 0 saturated carbocycles. The minimum atomic E-state index is -0.992. The van der Waals surface area contributed by atoms with Crippen molar-refractivity contribution in [3.8, 4) is 11.5 Å². The number of halogens is 1. The molecule has 0 spiro atoms. The average molecular weight is 508 g/mol. The molecule has 2 aromatic rings. The number of rotatable bonds is 7. The number of likely N-dealkylation sites (N-methyl/N-ethyl adjacent to an activating group) is 1. The number of carboxylic acid groups (broad SMARTS) is 1. The van der Waals surface area contributed by atoms with Gasteiger partial charge in [0.2, 0.25) is 0 Å². The number of nitrogens with zero attached hydrogens (tertiary/aromatic N) is 1. The van der Waals surface area contributed by atoms with Crippen LogP contribution >= 0.6 is 39.9 Å². The van der Waals surface area contributed by atoms with Crippen molar-refractivity contribution >= 4 is 62.2 Å². The third-order valence-electron chi connectivity index (χ3n) is 4.30. The number of thiocarbonyl (C=S) groups is 1. The van der Waals surface area contributed by atoms with Crippen LogP contribution in [0, 0.1) is 0 Å². The van der Waals surface area contributed by atoms with Crippen molar-refractivity contribution in [2.75, 3.05) is 13.7 Å². The molecule has 30 heavy (non-hydrogen) atoms. The molecule has 1 aliphatic heterocycles. The molecule has 2 aromatic carbocycles. The summed E-state index contributed by atoms with van der Waals surface area (Å²) in [5.41, 5.74) is 1.67. The lowest BCUT2D eigenvalue weighted by atomic mass is 10.1. The largest absolute Gasteiger partial charge is 0.493 e. The Morgan fingerprint density at radius 2 is 2.10 bits per heavy atom. The zero-order valence-corrected chi connectivity index (χ0v) is 19.4. The van der Waals surface area contributed by atoms with Crippen LogP contribution in [0.4, 0.5) is 0 Å². The van der Waals surface area contributed by atoms with E-state index in [9.17, 15) is 9.59 Å². The van der Waals surface area contributed by atoms with Gasteiger partial charge in [-0.25, -0.2) is 4.79 Å².